The van der Waals surface area contributed by atoms with Gasteiger partial charge < -0.3 is 14.9 Å². The van der Waals surface area contributed by atoms with Crippen LogP contribution in [0.2, 0.25) is 0 Å². The molecule has 0 aliphatic heterocycles. The summed E-state index contributed by atoms with van der Waals surface area (Å²) in [6, 6.07) is -0.508. The Labute approximate surface area is 110 Å². The lowest BCUT2D eigenvalue weighted by Crippen LogP contribution is -2.29. The molecule has 1 aliphatic rings. The van der Waals surface area contributed by atoms with Gasteiger partial charge in [0, 0.05) is 0 Å². The average molecular weight is 267 g/mol. The highest BCUT2D eigenvalue weighted by Gasteiger charge is 2.33. The second-order valence-electron chi connectivity index (χ2n) is 4.80. The third kappa shape index (κ3) is 2.91. The summed E-state index contributed by atoms with van der Waals surface area (Å²) in [6.45, 7) is 0. The van der Waals surface area contributed by atoms with E-state index in [2.05, 4.69) is 4.98 Å². The maximum Gasteiger partial charge on any atom is 0.381 e. The van der Waals surface area contributed by atoms with Gasteiger partial charge in [-0.15, -0.1) is 0 Å². The molecular formula is C12H17N3O4. The van der Waals surface area contributed by atoms with Gasteiger partial charge in [0.05, 0.1) is 7.11 Å². The van der Waals surface area contributed by atoms with E-state index in [4.69, 9.17) is 4.74 Å². The topological polar surface area (TPSA) is 87.3 Å². The van der Waals surface area contributed by atoms with Crippen LogP contribution in [0.5, 0.6) is 0 Å². The van der Waals surface area contributed by atoms with Gasteiger partial charge in [-0.3, -0.25) is 4.57 Å². The van der Waals surface area contributed by atoms with Gasteiger partial charge in [0.25, 0.3) is 0 Å². The first-order valence-electron chi connectivity index (χ1n) is 6.39. The number of nitro groups is 1. The Kier molecular flexibility index (Phi) is 4.13. The Hall–Kier alpha value is -1.92. The van der Waals surface area contributed by atoms with Gasteiger partial charge in [-0.25, -0.2) is 4.79 Å². The van der Waals surface area contributed by atoms with Crippen molar-refractivity contribution >= 4 is 11.8 Å². The van der Waals surface area contributed by atoms with Gasteiger partial charge in [0.2, 0.25) is 6.33 Å². The van der Waals surface area contributed by atoms with Crippen LogP contribution in [0.25, 0.3) is 0 Å². The number of carbonyl (C=O) groups excluding carboxylic acids is 1. The number of ether oxygens (including phenoxy) is 1. The molecule has 0 aromatic carbocycles. The molecule has 1 aromatic heterocycles. The van der Waals surface area contributed by atoms with E-state index in [9.17, 15) is 14.9 Å². The van der Waals surface area contributed by atoms with Crippen molar-refractivity contribution in [2.45, 2.75) is 38.1 Å². The number of hydrogen-bond donors (Lipinski definition) is 0. The van der Waals surface area contributed by atoms with Crippen molar-refractivity contribution in [2.75, 3.05) is 7.11 Å². The fraction of sp³-hybridized carbons (Fsp3) is 0.667. The number of aromatic nitrogens is 2. The summed E-state index contributed by atoms with van der Waals surface area (Å²) >= 11 is 0. The quantitative estimate of drug-likeness (QED) is 0.473. The molecule has 0 bridgehead atoms. The van der Waals surface area contributed by atoms with Gasteiger partial charge in [0.1, 0.15) is 12.2 Å². The first kappa shape index (κ1) is 13.5. The first-order chi connectivity index (χ1) is 9.13. The molecule has 1 atom stereocenters. The lowest BCUT2D eigenvalue weighted by molar-refractivity contribution is -0.389. The molecule has 19 heavy (non-hydrogen) atoms. The minimum Gasteiger partial charge on any atom is -0.467 e. The molecule has 0 radical (unpaired) electrons. The van der Waals surface area contributed by atoms with Crippen LogP contribution < -0.4 is 0 Å². The number of rotatable bonds is 4. The Balaban J connectivity index is 2.25. The first-order valence-corrected chi connectivity index (χ1v) is 6.39. The molecule has 0 spiro atoms. The van der Waals surface area contributed by atoms with E-state index >= 15 is 0 Å². The maximum atomic E-state index is 12.0. The van der Waals surface area contributed by atoms with Gasteiger partial charge in [0.15, 0.2) is 0 Å². The Morgan fingerprint density at radius 3 is 2.74 bits per heavy atom. The van der Waals surface area contributed by atoms with Crippen molar-refractivity contribution in [1.29, 1.82) is 0 Å². The predicted octanol–water partition coefficient (Wildman–Crippen LogP) is 2.09. The zero-order valence-corrected chi connectivity index (χ0v) is 10.8. The molecule has 0 N–H and O–H groups in total. The standard InChI is InChI=1S/C12H17N3O4/c1-19-12(16)11(9-5-3-2-4-6-9)14-7-10(13-8-14)15(17)18/h7-9,11H,2-6H2,1H3. The molecule has 1 aliphatic carbocycles. The summed E-state index contributed by atoms with van der Waals surface area (Å²) in [6.07, 6.45) is 7.85. The number of carbonyl (C=O) groups is 1. The summed E-state index contributed by atoms with van der Waals surface area (Å²) in [5, 5.41) is 10.7. The number of hydrogen-bond acceptors (Lipinski definition) is 5. The molecule has 0 amide bonds. The zero-order valence-electron chi connectivity index (χ0n) is 10.8. The van der Waals surface area contributed by atoms with Crippen molar-refractivity contribution in [2.24, 2.45) is 5.92 Å². The predicted molar refractivity (Wildman–Crippen MR) is 66.5 cm³/mol. The molecule has 7 heteroatoms. The minimum atomic E-state index is -0.564. The van der Waals surface area contributed by atoms with Crippen LogP contribution in [0, 0.1) is 16.0 Å². The molecular weight excluding hydrogens is 250 g/mol. The van der Waals surface area contributed by atoms with Crippen LogP contribution in [0.4, 0.5) is 5.82 Å². The van der Waals surface area contributed by atoms with E-state index in [1.165, 1.54) is 30.6 Å². The molecule has 7 nitrogen and oxygen atoms in total. The molecule has 1 saturated carbocycles. The van der Waals surface area contributed by atoms with Crippen LogP contribution in [0.3, 0.4) is 0 Å². The van der Waals surface area contributed by atoms with E-state index in [0.29, 0.717) is 0 Å². The summed E-state index contributed by atoms with van der Waals surface area (Å²) < 4.78 is 6.35. The van der Waals surface area contributed by atoms with Crippen LogP contribution in [-0.2, 0) is 9.53 Å². The van der Waals surface area contributed by atoms with Crippen LogP contribution >= 0.6 is 0 Å². The monoisotopic (exact) mass is 267 g/mol. The highest BCUT2D eigenvalue weighted by molar-refractivity contribution is 5.74. The molecule has 0 saturated heterocycles. The molecule has 2 rings (SSSR count). The lowest BCUT2D eigenvalue weighted by Gasteiger charge is -2.28. The fourth-order valence-electron chi connectivity index (χ4n) is 2.70. The van der Waals surface area contributed by atoms with Crippen LogP contribution in [0.15, 0.2) is 12.5 Å². The Morgan fingerprint density at radius 1 is 1.53 bits per heavy atom. The number of esters is 1. The van der Waals surface area contributed by atoms with Crippen molar-refractivity contribution in [3.8, 4) is 0 Å². The second-order valence-corrected chi connectivity index (χ2v) is 4.80. The summed E-state index contributed by atoms with van der Waals surface area (Å²) in [4.78, 5) is 25.8. The molecule has 1 unspecified atom stereocenters. The zero-order chi connectivity index (χ0) is 13.8. The normalized spacial score (nSPS) is 17.9. The lowest BCUT2D eigenvalue weighted by atomic mass is 9.84. The third-order valence-electron chi connectivity index (χ3n) is 3.64. The van der Waals surface area contributed by atoms with Gasteiger partial charge in [-0.1, -0.05) is 19.3 Å². The van der Waals surface area contributed by atoms with Crippen LogP contribution in [0.1, 0.15) is 38.1 Å². The van der Waals surface area contributed by atoms with Crippen molar-refractivity contribution in [3.05, 3.63) is 22.6 Å². The molecule has 1 heterocycles. The molecule has 104 valence electrons. The smallest absolute Gasteiger partial charge is 0.381 e. The molecule has 1 aromatic rings. The maximum absolute atomic E-state index is 12.0. The van der Waals surface area contributed by atoms with Crippen molar-refractivity contribution in [1.82, 2.24) is 9.55 Å². The van der Waals surface area contributed by atoms with Gasteiger partial charge in [-0.2, -0.15) is 0 Å². The van der Waals surface area contributed by atoms with E-state index in [1.807, 2.05) is 0 Å². The highest BCUT2D eigenvalue weighted by Crippen LogP contribution is 2.34. The minimum absolute atomic E-state index is 0.162. The van der Waals surface area contributed by atoms with Gasteiger partial charge in [-0.05, 0) is 28.7 Å². The number of methoxy groups -OCH3 is 1. The van der Waals surface area contributed by atoms with E-state index in [1.54, 1.807) is 0 Å². The fourth-order valence-corrected chi connectivity index (χ4v) is 2.70. The highest BCUT2D eigenvalue weighted by atomic mass is 16.6. The number of nitrogens with zero attached hydrogens (tertiary/aromatic N) is 3. The van der Waals surface area contributed by atoms with Crippen molar-refractivity contribution < 1.29 is 14.5 Å². The second kappa shape index (κ2) is 5.81. The summed E-state index contributed by atoms with van der Waals surface area (Å²) in [7, 11) is 1.34. The van der Waals surface area contributed by atoms with Gasteiger partial charge >= 0.3 is 11.8 Å². The van der Waals surface area contributed by atoms with E-state index in [0.717, 1.165) is 25.7 Å². The van der Waals surface area contributed by atoms with E-state index in [-0.39, 0.29) is 17.7 Å². The Morgan fingerprint density at radius 2 is 2.21 bits per heavy atom. The van der Waals surface area contributed by atoms with Crippen molar-refractivity contribution in [3.63, 3.8) is 0 Å². The molecule has 1 fully saturated rings. The SMILES string of the molecule is COC(=O)C(C1CCCCC1)n1cnc([N+](=O)[O-])c1. The largest absolute Gasteiger partial charge is 0.467 e. The summed E-state index contributed by atoms with van der Waals surface area (Å²) in [5.41, 5.74) is 0. The third-order valence-corrected chi connectivity index (χ3v) is 3.64. The van der Waals surface area contributed by atoms with E-state index < -0.39 is 11.0 Å². The number of imidazole rings is 1. The Bertz CT molecular complexity index is 465. The average Bonchev–Trinajstić information content (AvgIpc) is 2.89. The van der Waals surface area contributed by atoms with Crippen LogP contribution in [-0.4, -0.2) is 27.6 Å². The summed E-state index contributed by atoms with van der Waals surface area (Å²) in [5.74, 6) is -0.445.